The normalized spacial score (nSPS) is 24.9. The van der Waals surface area contributed by atoms with E-state index in [1.807, 2.05) is 26.0 Å². The van der Waals surface area contributed by atoms with Gasteiger partial charge in [0.25, 0.3) is 0 Å². The Kier molecular flexibility index (Phi) is 12.3. The molecular weight excluding hydrogens is 356 g/mol. The van der Waals surface area contributed by atoms with Crippen LogP contribution in [0.1, 0.15) is 91.4 Å². The zero-order valence-electron chi connectivity index (χ0n) is 17.9. The molecule has 2 N–H and O–H groups in total. The molecule has 1 aliphatic rings. The lowest BCUT2D eigenvalue weighted by atomic mass is 9.86. The van der Waals surface area contributed by atoms with E-state index in [1.54, 1.807) is 0 Å². The van der Waals surface area contributed by atoms with Gasteiger partial charge in [-0.25, -0.2) is 0 Å². The Morgan fingerprint density at radius 2 is 1.71 bits per heavy atom. The molecule has 1 fully saturated rings. The Balaban J connectivity index is 2.34. The molecule has 0 saturated heterocycles. The highest BCUT2D eigenvalue weighted by Gasteiger charge is 2.40. The maximum absolute atomic E-state index is 12.0. The van der Waals surface area contributed by atoms with Gasteiger partial charge in [-0.15, -0.1) is 0 Å². The van der Waals surface area contributed by atoms with Crippen LogP contribution in [0.15, 0.2) is 12.2 Å². The third-order valence-electron chi connectivity index (χ3n) is 5.53. The first kappa shape index (κ1) is 24.8. The highest BCUT2D eigenvalue weighted by molar-refractivity contribution is 5.78. The maximum Gasteiger partial charge on any atom is 0.306 e. The molecule has 0 unspecified atom stereocenters. The van der Waals surface area contributed by atoms with Gasteiger partial charge >= 0.3 is 5.97 Å². The van der Waals surface area contributed by atoms with Crippen molar-refractivity contribution in [2.75, 3.05) is 0 Å². The lowest BCUT2D eigenvalue weighted by molar-refractivity contribution is -0.147. The van der Waals surface area contributed by atoms with E-state index in [4.69, 9.17) is 4.74 Å². The van der Waals surface area contributed by atoms with Gasteiger partial charge in [-0.1, -0.05) is 31.9 Å². The van der Waals surface area contributed by atoms with Gasteiger partial charge in [0.15, 0.2) is 0 Å². The second-order valence-electron chi connectivity index (χ2n) is 8.37. The zero-order chi connectivity index (χ0) is 20.9. The fourth-order valence-corrected chi connectivity index (χ4v) is 3.99. The number of rotatable bonds is 14. The van der Waals surface area contributed by atoms with Crippen LogP contribution in [0.4, 0.5) is 0 Å². The number of hydrogen-bond donors (Lipinski definition) is 2. The van der Waals surface area contributed by atoms with Crippen LogP contribution in [-0.4, -0.2) is 40.3 Å². The van der Waals surface area contributed by atoms with Crippen molar-refractivity contribution in [3.63, 3.8) is 0 Å². The monoisotopic (exact) mass is 396 g/mol. The Labute approximate surface area is 170 Å². The van der Waals surface area contributed by atoms with Crippen molar-refractivity contribution in [1.29, 1.82) is 0 Å². The number of carbonyl (C=O) groups excluding carboxylic acids is 2. The maximum atomic E-state index is 12.0. The van der Waals surface area contributed by atoms with Crippen LogP contribution in [0.2, 0.25) is 0 Å². The highest BCUT2D eigenvalue weighted by atomic mass is 16.5. The van der Waals surface area contributed by atoms with E-state index >= 15 is 0 Å². The number of aliphatic hydroxyl groups is 2. The second kappa shape index (κ2) is 13.9. The number of aliphatic hydroxyl groups excluding tert-OH is 2. The average Bonchev–Trinajstić information content (AvgIpc) is 2.88. The summed E-state index contributed by atoms with van der Waals surface area (Å²) in [5.74, 6) is 0.0856. The van der Waals surface area contributed by atoms with Gasteiger partial charge in [0, 0.05) is 19.3 Å². The van der Waals surface area contributed by atoms with E-state index in [-0.39, 0.29) is 29.7 Å². The van der Waals surface area contributed by atoms with Crippen molar-refractivity contribution in [3.8, 4) is 0 Å². The van der Waals surface area contributed by atoms with Crippen LogP contribution < -0.4 is 0 Å². The quantitative estimate of drug-likeness (QED) is 0.259. The molecule has 0 heterocycles. The summed E-state index contributed by atoms with van der Waals surface area (Å²) in [4.78, 5) is 23.5. The van der Waals surface area contributed by atoms with E-state index in [2.05, 4.69) is 6.92 Å². The largest absolute Gasteiger partial charge is 0.463 e. The first-order valence-electron chi connectivity index (χ1n) is 11.1. The number of ether oxygens (including phenoxy) is 1. The summed E-state index contributed by atoms with van der Waals surface area (Å²) in [5, 5.41) is 20.6. The predicted molar refractivity (Wildman–Crippen MR) is 111 cm³/mol. The molecule has 0 radical (unpaired) electrons. The van der Waals surface area contributed by atoms with E-state index in [1.165, 1.54) is 0 Å². The number of ketones is 1. The molecule has 0 bridgehead atoms. The molecule has 1 saturated carbocycles. The number of hydrogen-bond acceptors (Lipinski definition) is 5. The van der Waals surface area contributed by atoms with E-state index in [9.17, 15) is 19.8 Å². The molecule has 162 valence electrons. The molecular formula is C23H40O5. The molecule has 1 aliphatic carbocycles. The summed E-state index contributed by atoms with van der Waals surface area (Å²) < 4.78 is 5.10. The van der Waals surface area contributed by atoms with Crippen LogP contribution in [-0.2, 0) is 14.3 Å². The molecule has 5 nitrogen and oxygen atoms in total. The first-order chi connectivity index (χ1) is 13.3. The minimum atomic E-state index is -0.525. The highest BCUT2D eigenvalue weighted by Crippen LogP contribution is 2.38. The summed E-state index contributed by atoms with van der Waals surface area (Å²) in [6, 6.07) is 0. The topological polar surface area (TPSA) is 83.8 Å². The van der Waals surface area contributed by atoms with Gasteiger partial charge in [0.1, 0.15) is 5.78 Å². The summed E-state index contributed by atoms with van der Waals surface area (Å²) >= 11 is 0. The molecule has 1 rings (SSSR count). The lowest BCUT2D eigenvalue weighted by Crippen LogP contribution is -2.22. The van der Waals surface area contributed by atoms with Crippen molar-refractivity contribution in [2.45, 2.75) is 110 Å². The average molecular weight is 397 g/mol. The van der Waals surface area contributed by atoms with Crippen LogP contribution in [0, 0.1) is 11.8 Å². The Morgan fingerprint density at radius 3 is 2.39 bits per heavy atom. The molecule has 0 aromatic carbocycles. The summed E-state index contributed by atoms with van der Waals surface area (Å²) in [6.07, 6.45) is 10.9. The minimum Gasteiger partial charge on any atom is -0.463 e. The smallest absolute Gasteiger partial charge is 0.306 e. The van der Waals surface area contributed by atoms with Crippen LogP contribution >= 0.6 is 0 Å². The van der Waals surface area contributed by atoms with Crippen molar-refractivity contribution in [3.05, 3.63) is 12.2 Å². The predicted octanol–water partition coefficient (Wildman–Crippen LogP) is 4.34. The number of unbranched alkanes of at least 4 members (excludes halogenated alkanes) is 3. The fraction of sp³-hybridized carbons (Fsp3) is 0.826. The number of esters is 1. The van der Waals surface area contributed by atoms with Crippen LogP contribution in [0.25, 0.3) is 0 Å². The summed E-state index contributed by atoms with van der Waals surface area (Å²) in [7, 11) is 0. The van der Waals surface area contributed by atoms with Crippen molar-refractivity contribution >= 4 is 11.8 Å². The Morgan fingerprint density at radius 1 is 1.00 bits per heavy atom. The molecule has 0 aromatic rings. The molecule has 0 spiro atoms. The van der Waals surface area contributed by atoms with Gasteiger partial charge in [-0.2, -0.15) is 0 Å². The van der Waals surface area contributed by atoms with Crippen molar-refractivity contribution in [1.82, 2.24) is 0 Å². The lowest BCUT2D eigenvalue weighted by Gasteiger charge is -2.22. The van der Waals surface area contributed by atoms with Gasteiger partial charge in [0.05, 0.1) is 18.3 Å². The van der Waals surface area contributed by atoms with Gasteiger partial charge in [-0.3, -0.25) is 9.59 Å². The molecule has 0 aromatic heterocycles. The molecule has 4 atom stereocenters. The standard InChI is InChI=1S/C23H40O5/c1-4-5-8-11-18(24)14-15-20-19(21(25)16-22(20)26)12-9-6-7-10-13-23(27)28-17(2)3/h6,9,17,19-22,25-26H,4-5,7-8,10-16H2,1-3H3/b9-6+/t19-,20-,21+,22-/m1/s1. The number of allylic oxidation sites excluding steroid dienone is 2. The van der Waals surface area contributed by atoms with Crippen LogP contribution in [0.3, 0.4) is 0 Å². The third-order valence-corrected chi connectivity index (χ3v) is 5.53. The van der Waals surface area contributed by atoms with Gasteiger partial charge in [-0.05, 0) is 64.2 Å². The number of Topliss-reactive ketones (excluding diaryl/α,β-unsaturated/α-hetero) is 1. The van der Waals surface area contributed by atoms with Gasteiger partial charge < -0.3 is 14.9 Å². The molecule has 0 amide bonds. The van der Waals surface area contributed by atoms with Gasteiger partial charge in [0.2, 0.25) is 0 Å². The van der Waals surface area contributed by atoms with Crippen molar-refractivity contribution in [2.24, 2.45) is 11.8 Å². The first-order valence-corrected chi connectivity index (χ1v) is 11.1. The molecule has 5 heteroatoms. The third kappa shape index (κ3) is 9.83. The van der Waals surface area contributed by atoms with Crippen molar-refractivity contribution < 1.29 is 24.5 Å². The second-order valence-corrected chi connectivity index (χ2v) is 8.37. The fourth-order valence-electron chi connectivity index (χ4n) is 3.99. The van der Waals surface area contributed by atoms with E-state index in [0.717, 1.165) is 32.1 Å². The summed E-state index contributed by atoms with van der Waals surface area (Å²) in [6.45, 7) is 5.80. The SMILES string of the molecule is CCCCCC(=O)CC[C@@H]1[C@@H](C/C=C/CCCC(=O)OC(C)C)[C@@H](O)C[C@H]1O. The summed E-state index contributed by atoms with van der Waals surface area (Å²) in [5.41, 5.74) is 0. The van der Waals surface area contributed by atoms with E-state index in [0.29, 0.717) is 38.5 Å². The molecule has 28 heavy (non-hydrogen) atoms. The van der Waals surface area contributed by atoms with Crippen LogP contribution in [0.5, 0.6) is 0 Å². The van der Waals surface area contributed by atoms with E-state index < -0.39 is 12.2 Å². The Hall–Kier alpha value is -1.20. The Bertz CT molecular complexity index is 485. The number of carbonyl (C=O) groups is 2. The molecule has 0 aliphatic heterocycles. The zero-order valence-corrected chi connectivity index (χ0v) is 17.9. The minimum absolute atomic E-state index is 0.000554.